The van der Waals surface area contributed by atoms with Gasteiger partial charge in [-0.3, -0.25) is 14.7 Å². The molecule has 1 aromatic heterocycles. The minimum absolute atomic E-state index is 0.00827. The van der Waals surface area contributed by atoms with E-state index in [2.05, 4.69) is 28.2 Å². The maximum atomic E-state index is 12.1. The molecule has 1 N–H and O–H groups in total. The van der Waals surface area contributed by atoms with Gasteiger partial charge in [-0.05, 0) is 61.6 Å². The Bertz CT molecular complexity index is 883. The topological polar surface area (TPSA) is 54.5 Å². The van der Waals surface area contributed by atoms with Crippen molar-refractivity contribution in [3.05, 3.63) is 41.6 Å². The summed E-state index contributed by atoms with van der Waals surface area (Å²) in [4.78, 5) is 19.2. The number of hydrogen-bond acceptors (Lipinski definition) is 4. The molecule has 0 radical (unpaired) electrons. The van der Waals surface area contributed by atoms with E-state index in [1.54, 1.807) is 7.05 Å². The van der Waals surface area contributed by atoms with E-state index in [1.165, 1.54) is 24.9 Å². The first kappa shape index (κ1) is 16.2. The van der Waals surface area contributed by atoms with Crippen LogP contribution in [0.4, 0.5) is 0 Å². The van der Waals surface area contributed by atoms with E-state index in [9.17, 15) is 4.79 Å². The largest absolute Gasteiger partial charge is 0.364 e. The number of carbonyl (C=O) groups is 1. The van der Waals surface area contributed by atoms with Gasteiger partial charge in [0.25, 0.3) is 5.91 Å². The Morgan fingerprint density at radius 3 is 3.04 bits per heavy atom. The van der Waals surface area contributed by atoms with Crippen LogP contribution >= 0.6 is 0 Å². The molecule has 1 unspecified atom stereocenters. The lowest BCUT2D eigenvalue weighted by atomic mass is 9.66. The van der Waals surface area contributed by atoms with Gasteiger partial charge in [0, 0.05) is 36.8 Å². The molecular formula is C21H25N3O2. The molecule has 1 amide bonds. The highest BCUT2D eigenvalue weighted by Gasteiger charge is 2.58. The normalized spacial score (nSPS) is 35.0. The molecule has 1 aromatic carbocycles. The monoisotopic (exact) mass is 351 g/mol. The van der Waals surface area contributed by atoms with Gasteiger partial charge < -0.3 is 10.1 Å². The molecule has 5 saturated heterocycles. The molecule has 0 spiro atoms. The number of fused-ring (bicyclic) bond motifs is 3. The molecule has 7 rings (SSSR count). The number of carbonyl (C=O) groups excluding carboxylic acids is 1. The number of amides is 1. The van der Waals surface area contributed by atoms with Gasteiger partial charge in [-0.2, -0.15) is 0 Å². The lowest BCUT2D eigenvalue weighted by molar-refractivity contribution is -0.274. The van der Waals surface area contributed by atoms with Crippen molar-refractivity contribution in [3.8, 4) is 0 Å². The van der Waals surface area contributed by atoms with Gasteiger partial charge in [-0.1, -0.05) is 6.92 Å². The summed E-state index contributed by atoms with van der Waals surface area (Å²) in [7, 11) is 1.66. The van der Waals surface area contributed by atoms with Gasteiger partial charge in [0.2, 0.25) is 0 Å². The third-order valence-corrected chi connectivity index (χ3v) is 6.86. The predicted octanol–water partition coefficient (Wildman–Crippen LogP) is 2.91. The summed E-state index contributed by atoms with van der Waals surface area (Å²) in [6.45, 7) is 4.51. The summed E-state index contributed by atoms with van der Waals surface area (Å²) >= 11 is 0. The van der Waals surface area contributed by atoms with Gasteiger partial charge >= 0.3 is 0 Å². The van der Waals surface area contributed by atoms with Crippen LogP contribution in [0.3, 0.4) is 0 Å². The van der Waals surface area contributed by atoms with Crippen LogP contribution in [-0.4, -0.2) is 47.6 Å². The molecule has 6 heterocycles. The summed E-state index contributed by atoms with van der Waals surface area (Å²) in [5.74, 6) is 0.619. The zero-order valence-corrected chi connectivity index (χ0v) is 15.4. The summed E-state index contributed by atoms with van der Waals surface area (Å²) in [5.41, 5.74) is 2.76. The molecule has 4 bridgehead atoms. The standard InChI is InChI=1S/C21H25N3O2/c1-3-21-12-24-9-7-14(21)11-18(24)19(26-21)15-6-8-23-17-5-4-13(10-16(15)17)20(25)22-2/h4-6,8,10,14,18-19H,3,7,9,11-12H2,1-2H3,(H,22,25)/t14-,18+,19-,21-/m0/s1. The van der Waals surface area contributed by atoms with Gasteiger partial charge in [0.1, 0.15) is 0 Å². The van der Waals surface area contributed by atoms with Crippen LogP contribution in [-0.2, 0) is 4.74 Å². The number of pyridine rings is 1. The maximum Gasteiger partial charge on any atom is 0.251 e. The Hall–Kier alpha value is -1.98. The van der Waals surface area contributed by atoms with Crippen LogP contribution < -0.4 is 5.32 Å². The van der Waals surface area contributed by atoms with E-state index < -0.39 is 0 Å². The summed E-state index contributed by atoms with van der Waals surface area (Å²) in [6, 6.07) is 8.27. The number of morpholine rings is 1. The van der Waals surface area contributed by atoms with E-state index in [-0.39, 0.29) is 17.6 Å². The SMILES string of the molecule is CC[C@]12CN3CC[C@H]1C[C@@H]3[C@H](c1ccnc3ccc(C(=O)NC)cc13)O2. The highest BCUT2D eigenvalue weighted by atomic mass is 16.5. The fraction of sp³-hybridized carbons (Fsp3) is 0.524. The van der Waals surface area contributed by atoms with Crippen LogP contribution in [0.5, 0.6) is 0 Å². The molecule has 5 aliphatic heterocycles. The zero-order valence-electron chi connectivity index (χ0n) is 15.4. The van der Waals surface area contributed by atoms with Gasteiger partial charge in [-0.15, -0.1) is 0 Å². The fourth-order valence-corrected chi connectivity index (χ4v) is 5.43. The van der Waals surface area contributed by atoms with Crippen molar-refractivity contribution in [2.45, 2.75) is 43.9 Å². The van der Waals surface area contributed by atoms with Crippen molar-refractivity contribution in [1.82, 2.24) is 15.2 Å². The van der Waals surface area contributed by atoms with Crippen LogP contribution in [0, 0.1) is 5.92 Å². The molecular weight excluding hydrogens is 326 g/mol. The Morgan fingerprint density at radius 2 is 2.31 bits per heavy atom. The van der Waals surface area contributed by atoms with Crippen molar-refractivity contribution < 1.29 is 9.53 Å². The molecule has 0 aliphatic carbocycles. The highest BCUT2D eigenvalue weighted by Crippen LogP contribution is 2.54. The summed E-state index contributed by atoms with van der Waals surface area (Å²) in [5, 5.41) is 3.75. The van der Waals surface area contributed by atoms with Crippen molar-refractivity contribution >= 4 is 16.8 Å². The number of benzene rings is 1. The molecule has 5 nitrogen and oxygen atoms in total. The fourth-order valence-electron chi connectivity index (χ4n) is 5.43. The van der Waals surface area contributed by atoms with Crippen molar-refractivity contribution in [2.75, 3.05) is 20.1 Å². The van der Waals surface area contributed by atoms with Crippen molar-refractivity contribution in [2.24, 2.45) is 5.92 Å². The number of aromatic nitrogens is 1. The molecule has 2 aromatic rings. The van der Waals surface area contributed by atoms with Gasteiger partial charge in [0.05, 0.1) is 17.2 Å². The molecule has 0 saturated carbocycles. The Morgan fingerprint density at radius 1 is 1.42 bits per heavy atom. The number of nitrogens with zero attached hydrogens (tertiary/aromatic N) is 2. The van der Waals surface area contributed by atoms with Gasteiger partial charge in [-0.25, -0.2) is 0 Å². The van der Waals surface area contributed by atoms with E-state index >= 15 is 0 Å². The number of nitrogens with one attached hydrogen (secondary N) is 1. The molecule has 5 heteroatoms. The Labute approximate surface area is 153 Å². The average Bonchev–Trinajstić information content (AvgIpc) is 2.72. The summed E-state index contributed by atoms with van der Waals surface area (Å²) < 4.78 is 6.81. The minimum Gasteiger partial charge on any atom is -0.364 e. The first-order chi connectivity index (χ1) is 12.6. The van der Waals surface area contributed by atoms with Crippen LogP contribution in [0.25, 0.3) is 10.9 Å². The molecule has 5 atom stereocenters. The number of piperidine rings is 3. The Kier molecular flexibility index (Phi) is 3.59. The first-order valence-corrected chi connectivity index (χ1v) is 9.68. The first-order valence-electron chi connectivity index (χ1n) is 9.68. The van der Waals surface area contributed by atoms with Crippen LogP contribution in [0.1, 0.15) is 48.2 Å². The van der Waals surface area contributed by atoms with Crippen molar-refractivity contribution in [3.63, 3.8) is 0 Å². The Balaban J connectivity index is 1.62. The quantitative estimate of drug-likeness (QED) is 0.924. The predicted molar refractivity (Wildman–Crippen MR) is 100 cm³/mol. The molecule has 5 aliphatic rings. The summed E-state index contributed by atoms with van der Waals surface area (Å²) in [6.07, 6.45) is 5.47. The highest BCUT2D eigenvalue weighted by molar-refractivity contribution is 5.98. The van der Waals surface area contributed by atoms with E-state index in [0.29, 0.717) is 17.5 Å². The minimum atomic E-state index is -0.0689. The third-order valence-electron chi connectivity index (χ3n) is 6.86. The molecule has 26 heavy (non-hydrogen) atoms. The lowest BCUT2D eigenvalue weighted by Gasteiger charge is -2.64. The second-order valence-corrected chi connectivity index (χ2v) is 7.93. The molecule has 136 valence electrons. The van der Waals surface area contributed by atoms with E-state index in [4.69, 9.17) is 4.74 Å². The number of rotatable bonds is 3. The second kappa shape index (κ2) is 5.76. The number of ether oxygens (including phenoxy) is 1. The third kappa shape index (κ3) is 2.17. The zero-order chi connectivity index (χ0) is 17.9. The van der Waals surface area contributed by atoms with Crippen molar-refractivity contribution in [1.29, 1.82) is 0 Å². The van der Waals surface area contributed by atoms with E-state index in [0.717, 1.165) is 23.9 Å². The van der Waals surface area contributed by atoms with Gasteiger partial charge in [0.15, 0.2) is 0 Å². The number of hydrogen-bond donors (Lipinski definition) is 1. The molecule has 5 fully saturated rings. The average molecular weight is 351 g/mol. The van der Waals surface area contributed by atoms with E-state index in [1.807, 2.05) is 24.4 Å². The maximum absolute atomic E-state index is 12.1. The lowest BCUT2D eigenvalue weighted by Crippen LogP contribution is -2.70. The second-order valence-electron chi connectivity index (χ2n) is 7.93. The van der Waals surface area contributed by atoms with Crippen LogP contribution in [0.2, 0.25) is 0 Å². The smallest absolute Gasteiger partial charge is 0.251 e. The van der Waals surface area contributed by atoms with Crippen LogP contribution in [0.15, 0.2) is 30.5 Å².